The van der Waals surface area contributed by atoms with Crippen LogP contribution in [0.25, 0.3) is 0 Å². The molecular weight excluding hydrogens is 224 g/mol. The molecule has 18 heavy (non-hydrogen) atoms. The van der Waals surface area contributed by atoms with Crippen molar-refractivity contribution in [3.8, 4) is 0 Å². The molecular formula is C16H24O2. The Bertz CT molecular complexity index is 464. The van der Waals surface area contributed by atoms with Gasteiger partial charge in [-0.1, -0.05) is 34.3 Å². The van der Waals surface area contributed by atoms with Gasteiger partial charge >= 0.3 is 5.97 Å². The number of carbonyl (C=O) groups is 1. The first-order valence-electron chi connectivity index (χ1n) is 7.03. The highest BCUT2D eigenvalue weighted by Crippen LogP contribution is 2.91. The molecule has 0 aromatic rings. The third kappa shape index (κ3) is 0.876. The number of esters is 1. The second-order valence-corrected chi connectivity index (χ2v) is 7.68. The summed E-state index contributed by atoms with van der Waals surface area (Å²) in [6.07, 6.45) is 3.71. The summed E-state index contributed by atoms with van der Waals surface area (Å²) in [6.45, 7) is 14.7. The average Bonchev–Trinajstić information content (AvgIpc) is 2.58. The van der Waals surface area contributed by atoms with Crippen LogP contribution in [0.3, 0.4) is 0 Å². The molecule has 3 saturated carbocycles. The van der Waals surface area contributed by atoms with E-state index < -0.39 is 0 Å². The van der Waals surface area contributed by atoms with Crippen LogP contribution in [0, 0.1) is 22.2 Å². The zero-order chi connectivity index (χ0) is 13.6. The zero-order valence-corrected chi connectivity index (χ0v) is 12.2. The molecule has 3 aliphatic carbocycles. The fourth-order valence-corrected chi connectivity index (χ4v) is 5.90. The molecule has 3 aliphatic rings. The lowest BCUT2D eigenvalue weighted by molar-refractivity contribution is -0.160. The maximum atomic E-state index is 12.1. The molecule has 2 bridgehead atoms. The van der Waals surface area contributed by atoms with Crippen molar-refractivity contribution < 1.29 is 9.53 Å². The number of carbonyl (C=O) groups excluding carboxylic acids is 1. The normalized spacial score (nSPS) is 50.8. The molecule has 0 N–H and O–H groups in total. The minimum Gasteiger partial charge on any atom is -0.454 e. The van der Waals surface area contributed by atoms with E-state index >= 15 is 0 Å². The predicted molar refractivity (Wildman–Crippen MR) is 71.0 cm³/mol. The summed E-state index contributed by atoms with van der Waals surface area (Å²) < 4.78 is 6.05. The van der Waals surface area contributed by atoms with Crippen molar-refractivity contribution in [3.63, 3.8) is 0 Å². The molecule has 0 saturated heterocycles. The van der Waals surface area contributed by atoms with Crippen molar-refractivity contribution in [1.29, 1.82) is 0 Å². The lowest BCUT2D eigenvalue weighted by atomic mass is 9.77. The third-order valence-corrected chi connectivity index (χ3v) is 6.85. The van der Waals surface area contributed by atoms with Crippen LogP contribution in [-0.4, -0.2) is 11.6 Å². The Morgan fingerprint density at radius 1 is 1.28 bits per heavy atom. The highest BCUT2D eigenvalue weighted by atomic mass is 16.6. The zero-order valence-electron chi connectivity index (χ0n) is 12.2. The van der Waals surface area contributed by atoms with Crippen LogP contribution in [0.1, 0.15) is 53.9 Å². The van der Waals surface area contributed by atoms with E-state index in [4.69, 9.17) is 4.74 Å². The molecule has 4 unspecified atom stereocenters. The molecule has 2 nitrogen and oxygen atoms in total. The summed E-state index contributed by atoms with van der Waals surface area (Å²) in [6, 6.07) is 0. The summed E-state index contributed by atoms with van der Waals surface area (Å²) in [4.78, 5) is 12.1. The Hall–Kier alpha value is -0.790. The topological polar surface area (TPSA) is 26.3 Å². The quantitative estimate of drug-likeness (QED) is 0.550. The smallest absolute Gasteiger partial charge is 0.333 e. The number of rotatable bonds is 2. The Morgan fingerprint density at radius 2 is 1.89 bits per heavy atom. The molecule has 0 aromatic carbocycles. The van der Waals surface area contributed by atoms with Gasteiger partial charge in [0.1, 0.15) is 5.60 Å². The molecule has 100 valence electrons. The molecule has 2 heteroatoms. The Balaban J connectivity index is 2.05. The summed E-state index contributed by atoms with van der Waals surface area (Å²) >= 11 is 0. The van der Waals surface area contributed by atoms with Crippen molar-refractivity contribution in [1.82, 2.24) is 0 Å². The van der Waals surface area contributed by atoms with E-state index in [1.807, 2.05) is 0 Å². The first-order valence-corrected chi connectivity index (χ1v) is 7.03. The maximum Gasteiger partial charge on any atom is 0.333 e. The first-order chi connectivity index (χ1) is 8.14. The van der Waals surface area contributed by atoms with Crippen LogP contribution in [0.5, 0.6) is 0 Å². The van der Waals surface area contributed by atoms with Gasteiger partial charge in [0.05, 0.1) is 0 Å². The SMILES string of the molecule is C=C(C)C(=O)OC12C3(C)CCC(C3)C1(C)C2(C)C. The summed E-state index contributed by atoms with van der Waals surface area (Å²) in [5.41, 5.74) is 0.686. The van der Waals surface area contributed by atoms with Crippen molar-refractivity contribution in [2.45, 2.75) is 59.5 Å². The van der Waals surface area contributed by atoms with Gasteiger partial charge in [-0.15, -0.1) is 0 Å². The average molecular weight is 248 g/mol. The molecule has 0 amide bonds. The van der Waals surface area contributed by atoms with E-state index in [0.29, 0.717) is 5.57 Å². The molecule has 3 fully saturated rings. The highest BCUT2D eigenvalue weighted by molar-refractivity contribution is 5.88. The second-order valence-electron chi connectivity index (χ2n) is 7.68. The molecule has 0 heterocycles. The van der Waals surface area contributed by atoms with Crippen LogP contribution in [0.2, 0.25) is 0 Å². The van der Waals surface area contributed by atoms with E-state index in [-0.39, 0.29) is 27.8 Å². The van der Waals surface area contributed by atoms with E-state index in [9.17, 15) is 4.79 Å². The van der Waals surface area contributed by atoms with Crippen LogP contribution in [0.15, 0.2) is 12.2 Å². The largest absolute Gasteiger partial charge is 0.454 e. The van der Waals surface area contributed by atoms with Crippen molar-refractivity contribution in [2.24, 2.45) is 22.2 Å². The highest BCUT2D eigenvalue weighted by Gasteiger charge is 2.94. The number of ether oxygens (including phenoxy) is 1. The van der Waals surface area contributed by atoms with Gasteiger partial charge in [0.25, 0.3) is 0 Å². The monoisotopic (exact) mass is 248 g/mol. The van der Waals surface area contributed by atoms with Gasteiger partial charge in [-0.05, 0) is 32.1 Å². The van der Waals surface area contributed by atoms with E-state index in [1.54, 1.807) is 6.92 Å². The van der Waals surface area contributed by atoms with E-state index in [0.717, 1.165) is 5.92 Å². The van der Waals surface area contributed by atoms with Crippen LogP contribution in [-0.2, 0) is 9.53 Å². The van der Waals surface area contributed by atoms with Gasteiger partial charge in [0.2, 0.25) is 0 Å². The van der Waals surface area contributed by atoms with Gasteiger partial charge in [0, 0.05) is 21.8 Å². The molecule has 0 radical (unpaired) electrons. The fourth-order valence-electron chi connectivity index (χ4n) is 5.90. The van der Waals surface area contributed by atoms with E-state index in [2.05, 4.69) is 34.3 Å². The maximum absolute atomic E-state index is 12.1. The minimum atomic E-state index is -0.258. The van der Waals surface area contributed by atoms with Crippen LogP contribution >= 0.6 is 0 Å². The second kappa shape index (κ2) is 2.86. The van der Waals surface area contributed by atoms with Gasteiger partial charge in [-0.2, -0.15) is 0 Å². The van der Waals surface area contributed by atoms with E-state index in [1.165, 1.54) is 19.3 Å². The van der Waals surface area contributed by atoms with Crippen molar-refractivity contribution in [3.05, 3.63) is 12.2 Å². The fraction of sp³-hybridized carbons (Fsp3) is 0.812. The van der Waals surface area contributed by atoms with Gasteiger partial charge in [0.15, 0.2) is 0 Å². The summed E-state index contributed by atoms with van der Waals surface area (Å²) in [5, 5.41) is 0. The Kier molecular flexibility index (Phi) is 1.95. The van der Waals surface area contributed by atoms with Crippen LogP contribution < -0.4 is 0 Å². The standard InChI is InChI=1S/C16H24O2/c1-10(2)12(17)18-16-13(3,4)15(16,6)11-7-8-14(16,5)9-11/h11H,1,7-9H2,2-6H3. The predicted octanol–water partition coefficient (Wildman–Crippen LogP) is 3.71. The Morgan fingerprint density at radius 3 is 2.39 bits per heavy atom. The van der Waals surface area contributed by atoms with Gasteiger partial charge < -0.3 is 4.74 Å². The Labute approximate surface area is 110 Å². The molecule has 0 aromatic heterocycles. The van der Waals surface area contributed by atoms with Crippen molar-refractivity contribution >= 4 is 5.97 Å². The molecule has 0 aliphatic heterocycles. The lowest BCUT2D eigenvalue weighted by Crippen LogP contribution is -2.41. The molecule has 4 atom stereocenters. The number of hydrogen-bond acceptors (Lipinski definition) is 2. The third-order valence-electron chi connectivity index (χ3n) is 6.85. The minimum absolute atomic E-state index is 0.0965. The van der Waals surface area contributed by atoms with Crippen molar-refractivity contribution in [2.75, 3.05) is 0 Å². The molecule has 3 rings (SSSR count). The number of hydrogen-bond donors (Lipinski definition) is 0. The lowest BCUT2D eigenvalue weighted by Gasteiger charge is -2.36. The van der Waals surface area contributed by atoms with Gasteiger partial charge in [-0.3, -0.25) is 0 Å². The molecule has 0 spiro atoms. The summed E-state index contributed by atoms with van der Waals surface area (Å²) in [5.74, 6) is 0.510. The number of fused-ring (bicyclic) bond motifs is 5. The van der Waals surface area contributed by atoms with Gasteiger partial charge in [-0.25, -0.2) is 4.79 Å². The van der Waals surface area contributed by atoms with Crippen LogP contribution in [0.4, 0.5) is 0 Å². The first kappa shape index (κ1) is 12.3. The summed E-state index contributed by atoms with van der Waals surface area (Å²) in [7, 11) is 0.